The summed E-state index contributed by atoms with van der Waals surface area (Å²) in [6.07, 6.45) is 7.72. The van der Waals surface area contributed by atoms with Crippen molar-refractivity contribution in [2.45, 2.75) is 26.4 Å². The molecule has 0 saturated carbocycles. The first kappa shape index (κ1) is 8.99. The molecule has 4 nitrogen and oxygen atoms in total. The molecule has 1 unspecified atom stereocenters. The molecule has 2 aromatic rings. The summed E-state index contributed by atoms with van der Waals surface area (Å²) in [5, 5.41) is 8.45. The molecule has 0 aliphatic carbocycles. The third kappa shape index (κ3) is 1.55. The van der Waals surface area contributed by atoms with Crippen LogP contribution in [0, 0.1) is 0 Å². The summed E-state index contributed by atoms with van der Waals surface area (Å²) in [5.41, 5.74) is 1.19. The molecule has 74 valence electrons. The summed E-state index contributed by atoms with van der Waals surface area (Å²) in [6, 6.07) is 2.19. The fraction of sp³-hybridized carbons (Fsp3) is 0.400. The van der Waals surface area contributed by atoms with Crippen LogP contribution in [-0.2, 0) is 6.54 Å². The number of aromatic nitrogens is 4. The van der Waals surface area contributed by atoms with Gasteiger partial charge in [0.05, 0.1) is 12.2 Å². The Morgan fingerprint density at radius 3 is 2.86 bits per heavy atom. The molecule has 0 aliphatic heterocycles. The molecule has 0 amide bonds. The quantitative estimate of drug-likeness (QED) is 0.738. The van der Waals surface area contributed by atoms with Crippen molar-refractivity contribution in [3.05, 3.63) is 36.4 Å². The summed E-state index contributed by atoms with van der Waals surface area (Å²) in [7, 11) is 0. The van der Waals surface area contributed by atoms with E-state index in [1.54, 1.807) is 6.20 Å². The molecule has 4 heteroatoms. The van der Waals surface area contributed by atoms with Gasteiger partial charge in [-0.3, -0.25) is 9.36 Å². The van der Waals surface area contributed by atoms with Gasteiger partial charge in [0.2, 0.25) is 0 Å². The van der Waals surface area contributed by atoms with Gasteiger partial charge < -0.3 is 0 Å². The zero-order valence-corrected chi connectivity index (χ0v) is 8.46. The van der Waals surface area contributed by atoms with Gasteiger partial charge in [0.1, 0.15) is 0 Å². The van der Waals surface area contributed by atoms with Gasteiger partial charge in [0, 0.05) is 30.7 Å². The maximum Gasteiger partial charge on any atom is 0.0770 e. The van der Waals surface area contributed by atoms with Gasteiger partial charge in [-0.25, -0.2) is 0 Å². The van der Waals surface area contributed by atoms with Gasteiger partial charge in [-0.2, -0.15) is 10.2 Å². The molecular formula is C10H14N4. The van der Waals surface area contributed by atoms with Crippen molar-refractivity contribution < 1.29 is 0 Å². The Bertz CT molecular complexity index is 388. The lowest BCUT2D eigenvalue weighted by atomic mass is 10.2. The lowest BCUT2D eigenvalue weighted by Crippen LogP contribution is -2.06. The van der Waals surface area contributed by atoms with Gasteiger partial charge >= 0.3 is 0 Å². The molecular weight excluding hydrogens is 176 g/mol. The van der Waals surface area contributed by atoms with E-state index in [0.29, 0.717) is 0 Å². The summed E-state index contributed by atoms with van der Waals surface area (Å²) in [4.78, 5) is 0. The van der Waals surface area contributed by atoms with Crippen molar-refractivity contribution in [2.24, 2.45) is 0 Å². The zero-order valence-electron chi connectivity index (χ0n) is 8.46. The van der Waals surface area contributed by atoms with Crippen molar-refractivity contribution in [2.75, 3.05) is 0 Å². The smallest absolute Gasteiger partial charge is 0.0770 e. The van der Waals surface area contributed by atoms with E-state index in [0.717, 1.165) is 6.54 Å². The van der Waals surface area contributed by atoms with E-state index >= 15 is 0 Å². The molecule has 2 aromatic heterocycles. The molecule has 0 aromatic carbocycles. The van der Waals surface area contributed by atoms with Crippen molar-refractivity contribution in [1.82, 2.24) is 19.6 Å². The third-order valence-electron chi connectivity index (χ3n) is 2.38. The van der Waals surface area contributed by atoms with Gasteiger partial charge in [-0.05, 0) is 19.9 Å². The highest BCUT2D eigenvalue weighted by atomic mass is 15.3. The SMILES string of the molecule is CCn1cc(C(C)n2cccn2)cn1. The fourth-order valence-electron chi connectivity index (χ4n) is 1.43. The summed E-state index contributed by atoms with van der Waals surface area (Å²) >= 11 is 0. The van der Waals surface area contributed by atoms with Crippen LogP contribution in [0.25, 0.3) is 0 Å². The standard InChI is InChI=1S/C10H14N4/c1-3-13-8-10(7-12-13)9(2)14-6-4-5-11-14/h4-9H,3H2,1-2H3. The summed E-state index contributed by atoms with van der Waals surface area (Å²) in [5.74, 6) is 0. The van der Waals surface area contributed by atoms with Gasteiger partial charge in [0.15, 0.2) is 0 Å². The molecule has 1 atom stereocenters. The molecule has 0 bridgehead atoms. The minimum Gasteiger partial charge on any atom is -0.273 e. The molecule has 14 heavy (non-hydrogen) atoms. The van der Waals surface area contributed by atoms with E-state index in [1.807, 2.05) is 27.8 Å². The number of aryl methyl sites for hydroxylation is 1. The predicted molar refractivity (Wildman–Crippen MR) is 53.9 cm³/mol. The van der Waals surface area contributed by atoms with Crippen LogP contribution in [-0.4, -0.2) is 19.6 Å². The number of rotatable bonds is 3. The molecule has 0 aliphatic rings. The van der Waals surface area contributed by atoms with Crippen molar-refractivity contribution in [3.63, 3.8) is 0 Å². The Labute approximate surface area is 83.2 Å². The van der Waals surface area contributed by atoms with Crippen LogP contribution in [0.2, 0.25) is 0 Å². The average molecular weight is 190 g/mol. The number of hydrogen-bond donors (Lipinski definition) is 0. The second-order valence-electron chi connectivity index (χ2n) is 3.29. The van der Waals surface area contributed by atoms with Crippen LogP contribution < -0.4 is 0 Å². The highest BCUT2D eigenvalue weighted by molar-refractivity contribution is 5.10. The number of nitrogens with zero attached hydrogens (tertiary/aromatic N) is 4. The van der Waals surface area contributed by atoms with Gasteiger partial charge in [-0.15, -0.1) is 0 Å². The minimum absolute atomic E-state index is 0.255. The predicted octanol–water partition coefficient (Wildman–Crippen LogP) is 1.71. The highest BCUT2D eigenvalue weighted by Gasteiger charge is 2.09. The third-order valence-corrected chi connectivity index (χ3v) is 2.38. The van der Waals surface area contributed by atoms with E-state index in [2.05, 4.69) is 30.2 Å². The Balaban J connectivity index is 2.23. The van der Waals surface area contributed by atoms with E-state index in [-0.39, 0.29) is 6.04 Å². The van der Waals surface area contributed by atoms with Crippen molar-refractivity contribution >= 4 is 0 Å². The van der Waals surface area contributed by atoms with Crippen molar-refractivity contribution in [1.29, 1.82) is 0 Å². The molecule has 0 N–H and O–H groups in total. The Hall–Kier alpha value is -1.58. The van der Waals surface area contributed by atoms with Crippen LogP contribution in [0.5, 0.6) is 0 Å². The molecule has 0 radical (unpaired) electrons. The number of hydrogen-bond acceptors (Lipinski definition) is 2. The maximum absolute atomic E-state index is 4.24. The van der Waals surface area contributed by atoms with Crippen LogP contribution in [0.3, 0.4) is 0 Å². The zero-order chi connectivity index (χ0) is 9.97. The molecule has 0 saturated heterocycles. The largest absolute Gasteiger partial charge is 0.273 e. The minimum atomic E-state index is 0.255. The summed E-state index contributed by atoms with van der Waals surface area (Å²) < 4.78 is 3.85. The van der Waals surface area contributed by atoms with E-state index in [9.17, 15) is 0 Å². The normalized spacial score (nSPS) is 13.0. The first-order valence-electron chi connectivity index (χ1n) is 4.82. The Morgan fingerprint density at radius 2 is 2.29 bits per heavy atom. The van der Waals surface area contributed by atoms with Crippen LogP contribution in [0.4, 0.5) is 0 Å². The molecule has 0 fully saturated rings. The topological polar surface area (TPSA) is 35.6 Å². The second-order valence-corrected chi connectivity index (χ2v) is 3.29. The van der Waals surface area contributed by atoms with Crippen LogP contribution in [0.1, 0.15) is 25.5 Å². The second kappa shape index (κ2) is 3.65. The van der Waals surface area contributed by atoms with E-state index < -0.39 is 0 Å². The Kier molecular flexibility index (Phi) is 2.35. The first-order valence-corrected chi connectivity index (χ1v) is 4.82. The lowest BCUT2D eigenvalue weighted by Gasteiger charge is -2.08. The highest BCUT2D eigenvalue weighted by Crippen LogP contribution is 2.15. The molecule has 2 rings (SSSR count). The van der Waals surface area contributed by atoms with Gasteiger partial charge in [-0.1, -0.05) is 0 Å². The van der Waals surface area contributed by atoms with E-state index in [1.165, 1.54) is 5.56 Å². The first-order chi connectivity index (χ1) is 6.81. The summed E-state index contributed by atoms with van der Waals surface area (Å²) in [6.45, 7) is 5.10. The fourth-order valence-corrected chi connectivity index (χ4v) is 1.43. The average Bonchev–Trinajstić information content (AvgIpc) is 2.88. The van der Waals surface area contributed by atoms with Crippen LogP contribution >= 0.6 is 0 Å². The van der Waals surface area contributed by atoms with E-state index in [4.69, 9.17) is 0 Å². The Morgan fingerprint density at radius 1 is 1.43 bits per heavy atom. The maximum atomic E-state index is 4.24. The van der Waals surface area contributed by atoms with Crippen molar-refractivity contribution in [3.8, 4) is 0 Å². The monoisotopic (exact) mass is 190 g/mol. The molecule has 2 heterocycles. The molecule has 0 spiro atoms. The van der Waals surface area contributed by atoms with Gasteiger partial charge in [0.25, 0.3) is 0 Å². The lowest BCUT2D eigenvalue weighted by molar-refractivity contribution is 0.563. The van der Waals surface area contributed by atoms with Crippen LogP contribution in [0.15, 0.2) is 30.9 Å².